The van der Waals surface area contributed by atoms with E-state index in [0.717, 1.165) is 210 Å². The van der Waals surface area contributed by atoms with E-state index in [0.29, 0.717) is 0 Å². The van der Waals surface area contributed by atoms with Crippen molar-refractivity contribution in [1.29, 1.82) is 0 Å². The van der Waals surface area contributed by atoms with Gasteiger partial charge in [0.25, 0.3) is 0 Å². The van der Waals surface area contributed by atoms with Gasteiger partial charge in [-0.3, -0.25) is 15.0 Å². The maximum atomic E-state index is 5.20. The van der Waals surface area contributed by atoms with E-state index in [1.165, 1.54) is 76.1 Å². The largest absolute Gasteiger partial charge is 0.264 e. The summed E-state index contributed by atoms with van der Waals surface area (Å²) >= 11 is 0. The molecule has 0 radical (unpaired) electrons. The second-order valence-electron chi connectivity index (χ2n) is 37.7. The Bertz CT molecular complexity index is 10200. The van der Waals surface area contributed by atoms with Crippen molar-refractivity contribution in [3.63, 3.8) is 0 Å². The van der Waals surface area contributed by atoms with Crippen molar-refractivity contribution >= 4 is 174 Å². The molecule has 0 fully saturated rings. The number of nitrogens with zero attached hydrogens (tertiary/aromatic N) is 12. The summed E-state index contributed by atoms with van der Waals surface area (Å²) in [6.45, 7) is 4.63. The molecule has 0 atom stereocenters. The molecule has 0 amide bonds. The van der Waals surface area contributed by atoms with Crippen LogP contribution < -0.4 is 0 Å². The van der Waals surface area contributed by atoms with Gasteiger partial charge in [-0.25, -0.2) is 44.9 Å². The Morgan fingerprint density at radius 1 is 0.159 bits per heavy atom. The average molecular weight is 1850 g/mol. The number of benzene rings is 17. The quantitative estimate of drug-likeness (QED) is 0.133. The molecule has 12 aromatic heterocycles. The van der Waals surface area contributed by atoms with E-state index >= 15 is 0 Å². The maximum absolute atomic E-state index is 5.20. The molecule has 0 saturated heterocycles. The summed E-state index contributed by atoms with van der Waals surface area (Å²) in [5, 5.41) is 24.4. The Balaban J connectivity index is 0.0000000962. The minimum Gasteiger partial charge on any atom is -0.264 e. The zero-order chi connectivity index (χ0) is 96.2. The number of hydrogen-bond donors (Lipinski definition) is 0. The molecule has 12 nitrogen and oxygen atoms in total. The van der Waals surface area contributed by atoms with E-state index in [4.69, 9.17) is 44.9 Å². The van der Waals surface area contributed by atoms with Crippen LogP contribution in [0.2, 0.25) is 0 Å². The molecule has 17 aromatic carbocycles. The van der Waals surface area contributed by atoms with Crippen molar-refractivity contribution in [3.05, 3.63) is 485 Å². The number of hydrogen-bond acceptors (Lipinski definition) is 12. The fourth-order valence-electron chi connectivity index (χ4n) is 21.4. The van der Waals surface area contributed by atoms with Gasteiger partial charge in [-0.2, -0.15) is 0 Å². The summed E-state index contributed by atoms with van der Waals surface area (Å²) in [5.74, 6) is 0. The van der Waals surface area contributed by atoms with Gasteiger partial charge in [0.15, 0.2) is 0 Å². The third kappa shape index (κ3) is 15.3. The van der Waals surface area contributed by atoms with Gasteiger partial charge in [-0.15, -0.1) is 0 Å². The predicted molar refractivity (Wildman–Crippen MR) is 600 cm³/mol. The van der Waals surface area contributed by atoms with Gasteiger partial charge in [0, 0.05) is 128 Å². The van der Waals surface area contributed by atoms with E-state index < -0.39 is 0 Å². The van der Waals surface area contributed by atoms with Crippen LogP contribution in [0.25, 0.3) is 275 Å². The molecule has 0 bridgehead atoms. The van der Waals surface area contributed by atoms with Crippen LogP contribution >= 0.6 is 0 Å². The summed E-state index contributed by atoms with van der Waals surface area (Å²) in [4.78, 5) is 59.3. The first-order valence-electron chi connectivity index (χ1n) is 48.9. The third-order valence-electron chi connectivity index (χ3n) is 28.8. The summed E-state index contributed by atoms with van der Waals surface area (Å²) in [7, 11) is 0. The normalized spacial score (nSPS) is 12.1. The van der Waals surface area contributed by atoms with Crippen LogP contribution in [-0.4, -0.2) is 59.8 Å². The van der Waals surface area contributed by atoms with Crippen LogP contribution in [0.15, 0.2) is 474 Å². The molecule has 0 N–H and O–H groups in total. The lowest BCUT2D eigenvalue weighted by molar-refractivity contribution is 0.660. The molecule has 1 aliphatic rings. The van der Waals surface area contributed by atoms with E-state index in [2.05, 4.69) is 411 Å². The Hall–Kier alpha value is -19.3. The fraction of sp³-hybridized carbons (Fsp3) is 0.0226. The molecule has 12 heteroatoms. The number of pyridine rings is 12. The monoisotopic (exact) mass is 1850 g/mol. The van der Waals surface area contributed by atoms with Gasteiger partial charge in [-0.05, 0) is 185 Å². The van der Waals surface area contributed by atoms with Crippen molar-refractivity contribution in [1.82, 2.24) is 59.8 Å². The highest BCUT2D eigenvalue weighted by Crippen LogP contribution is 2.50. The molecule has 676 valence electrons. The number of rotatable bonds is 8. The van der Waals surface area contributed by atoms with Crippen molar-refractivity contribution in [2.24, 2.45) is 0 Å². The first-order chi connectivity index (χ1) is 71.6. The lowest BCUT2D eigenvalue weighted by Gasteiger charge is -2.21. The highest BCUT2D eigenvalue weighted by Gasteiger charge is 2.36. The van der Waals surface area contributed by atoms with Crippen molar-refractivity contribution < 1.29 is 0 Å². The second kappa shape index (κ2) is 35.2. The Kier molecular flexibility index (Phi) is 20.6. The van der Waals surface area contributed by atoms with Crippen LogP contribution in [0.5, 0.6) is 0 Å². The molecule has 0 unspecified atom stereocenters. The van der Waals surface area contributed by atoms with E-state index in [1.807, 2.05) is 85.3 Å². The Morgan fingerprint density at radius 3 is 1.08 bits per heavy atom. The summed E-state index contributed by atoms with van der Waals surface area (Å²) in [5.41, 5.74) is 31.3. The highest BCUT2D eigenvalue weighted by molar-refractivity contribution is 6.26. The Morgan fingerprint density at radius 2 is 0.497 bits per heavy atom. The molecular weight excluding hydrogens is 1770 g/mol. The zero-order valence-electron chi connectivity index (χ0n) is 78.9. The van der Waals surface area contributed by atoms with Crippen molar-refractivity contribution in [2.45, 2.75) is 19.3 Å². The molecule has 0 aliphatic heterocycles. The van der Waals surface area contributed by atoms with E-state index in [1.54, 1.807) is 6.20 Å². The Labute approximate surface area is 833 Å². The van der Waals surface area contributed by atoms with Crippen LogP contribution in [0.1, 0.15) is 25.0 Å². The zero-order valence-corrected chi connectivity index (χ0v) is 78.9. The molecule has 0 spiro atoms. The number of aromatic nitrogens is 12. The number of para-hydroxylation sites is 2. The van der Waals surface area contributed by atoms with Gasteiger partial charge < -0.3 is 0 Å². The van der Waals surface area contributed by atoms with Crippen LogP contribution in [0.3, 0.4) is 0 Å². The van der Waals surface area contributed by atoms with Crippen molar-refractivity contribution in [3.8, 4) is 101 Å². The molecule has 30 rings (SSSR count). The first-order valence-corrected chi connectivity index (χ1v) is 48.9. The minimum absolute atomic E-state index is 0.0468. The van der Waals surface area contributed by atoms with Gasteiger partial charge in [0.05, 0.1) is 112 Å². The summed E-state index contributed by atoms with van der Waals surface area (Å²) in [6.07, 6.45) is 7.29. The molecule has 12 heterocycles. The molecular formula is C133H84N12. The standard InChI is InChI=1S/C36H25N3.C35H21N3.2C31H19N3/c1-36(2)28-9-5-4-8-26(28)27-17-13-25(21-29(27)36)31-18-15-23-11-12-24-16-20-33(39-35(24)34(23)38-31)32-19-14-22-7-3-6-10-30(22)37-32;1-2-9-28-26(7-1)27-8-3-4-10-29(27)31-20-24(13-16-30(28)31)32-17-14-22-11-12-23-15-18-33(25-6-5-19-36-21-25)38-35(23)34(22)37-32;1-2-10-24-20(6-1)7-3-11-25(24)27-17-15-22-13-14-23-16-18-28(34-31(23)30(22)33-27)26-12-4-8-21-9-5-19-32-29(21)26;1-2-6-23-19-24(13-10-20(23)5-1)27-16-14-21-11-12-22-15-17-29(34-31(22)30(21)33-27)26-7-3-9-28-25(26)8-4-18-32-28/h3-21H,1-2H3;1-21H;2*1-19H. The molecule has 0 saturated carbocycles. The molecule has 29 aromatic rings. The maximum Gasteiger partial charge on any atom is 0.0973 e. The van der Waals surface area contributed by atoms with Crippen LogP contribution in [0.4, 0.5) is 0 Å². The highest BCUT2D eigenvalue weighted by atomic mass is 14.8. The fourth-order valence-corrected chi connectivity index (χ4v) is 21.4. The SMILES string of the molecule is CC1(C)c2ccccc2-c2ccc(-c3ccc4ccc5ccc(-c6ccc7ccccc7n6)nc5c4n3)cc21.c1ccc2c(-c3ccc4ccc5ccc(-c6cccc7cccnc67)nc5c4n3)cccc2c1.c1ccc2cc(-c3ccc4ccc5ccc(-c6cccc7ncccc67)nc5c4n3)ccc2c1.c1cncc(-c2ccc3ccc4ccc(-c5ccc6c7ccccc7c7ccccc7c6c5)nc4c3n2)c1. The summed E-state index contributed by atoms with van der Waals surface area (Å²) < 4.78 is 0. The van der Waals surface area contributed by atoms with Gasteiger partial charge in [0.1, 0.15) is 0 Å². The second-order valence-corrected chi connectivity index (χ2v) is 37.7. The first kappa shape index (κ1) is 84.9. The molecule has 145 heavy (non-hydrogen) atoms. The lowest BCUT2D eigenvalue weighted by Crippen LogP contribution is -2.14. The third-order valence-corrected chi connectivity index (χ3v) is 28.8. The van der Waals surface area contributed by atoms with E-state index in [9.17, 15) is 0 Å². The smallest absolute Gasteiger partial charge is 0.0973 e. The predicted octanol–water partition coefficient (Wildman–Crippen LogP) is 33.6. The van der Waals surface area contributed by atoms with Gasteiger partial charge >= 0.3 is 0 Å². The summed E-state index contributed by atoms with van der Waals surface area (Å²) in [6, 6.07) is 157. The molecule has 1 aliphatic carbocycles. The van der Waals surface area contributed by atoms with Crippen LogP contribution in [-0.2, 0) is 5.41 Å². The minimum atomic E-state index is -0.0468. The van der Waals surface area contributed by atoms with Gasteiger partial charge in [0.2, 0.25) is 0 Å². The average Bonchev–Trinajstić information content (AvgIpc) is 0.956. The van der Waals surface area contributed by atoms with Crippen LogP contribution in [0, 0.1) is 0 Å². The van der Waals surface area contributed by atoms with Gasteiger partial charge in [-0.1, -0.05) is 354 Å². The van der Waals surface area contributed by atoms with Crippen molar-refractivity contribution in [2.75, 3.05) is 0 Å². The lowest BCUT2D eigenvalue weighted by atomic mass is 9.82. The number of fused-ring (bicyclic) bond motifs is 26. The van der Waals surface area contributed by atoms with E-state index in [-0.39, 0.29) is 5.41 Å². The topological polar surface area (TPSA) is 155 Å².